The third-order valence-corrected chi connectivity index (χ3v) is 4.14. The van der Waals surface area contributed by atoms with E-state index in [2.05, 4.69) is 10.3 Å². The van der Waals surface area contributed by atoms with Crippen molar-refractivity contribution in [2.45, 2.75) is 12.2 Å². The van der Waals surface area contributed by atoms with E-state index in [1.54, 1.807) is 0 Å². The van der Waals surface area contributed by atoms with Gasteiger partial charge in [0.1, 0.15) is 5.84 Å². The molecular weight excluding hydrogens is 338 g/mol. The molecule has 0 saturated carbocycles. The molecule has 0 amide bonds. The molecule has 13 heteroatoms. The maximum atomic E-state index is 10.7. The summed E-state index contributed by atoms with van der Waals surface area (Å²) in [7, 11) is -3.86. The van der Waals surface area contributed by atoms with Gasteiger partial charge in [-0.15, -0.1) is 11.3 Å². The third kappa shape index (κ3) is 9.19. The van der Waals surface area contributed by atoms with Crippen LogP contribution in [0, 0.1) is 10.8 Å². The molecule has 10 N–H and O–H groups in total. The predicted octanol–water partition coefficient (Wildman–Crippen LogP) is -0.983. The average Bonchev–Trinajstić information content (AvgIpc) is 2.68. The van der Waals surface area contributed by atoms with Crippen LogP contribution in [0.15, 0.2) is 5.38 Å². The molecule has 0 spiro atoms. The number of anilines is 1. The zero-order valence-electron chi connectivity index (χ0n) is 10.8. The van der Waals surface area contributed by atoms with Crippen LogP contribution < -0.4 is 20.9 Å². The number of nitrogens with zero attached hydrogens (tertiary/aromatic N) is 1. The minimum Gasteiger partial charge on any atom is -0.412 e. The Bertz CT molecular complexity index is 586. The molecule has 0 fully saturated rings. The van der Waals surface area contributed by atoms with Gasteiger partial charge in [-0.05, 0) is 0 Å². The van der Waals surface area contributed by atoms with E-state index in [4.69, 9.17) is 21.7 Å². The van der Waals surface area contributed by atoms with Crippen molar-refractivity contribution in [2.24, 2.45) is 10.9 Å². The summed E-state index contributed by atoms with van der Waals surface area (Å²) in [6.45, 7) is 0. The molecular formula is C8H17N7O3S3. The first-order chi connectivity index (χ1) is 9.26. The van der Waals surface area contributed by atoms with E-state index in [0.717, 1.165) is 5.69 Å². The van der Waals surface area contributed by atoms with Crippen molar-refractivity contribution in [1.82, 2.24) is 9.71 Å². The molecule has 1 aromatic heterocycles. The number of hydrogen-bond donors (Lipinski definition) is 6. The van der Waals surface area contributed by atoms with E-state index in [1.165, 1.54) is 23.1 Å². The van der Waals surface area contributed by atoms with Gasteiger partial charge in [0.25, 0.3) is 10.2 Å². The lowest BCUT2D eigenvalue weighted by Gasteiger charge is -2.04. The zero-order valence-corrected chi connectivity index (χ0v) is 13.3. The molecule has 0 aliphatic carbocycles. The summed E-state index contributed by atoms with van der Waals surface area (Å²) in [5.74, 6) is 0.880. The van der Waals surface area contributed by atoms with Crippen molar-refractivity contribution in [2.75, 3.05) is 11.1 Å². The third-order valence-electron chi connectivity index (χ3n) is 1.81. The highest BCUT2D eigenvalue weighted by Gasteiger charge is 2.06. The van der Waals surface area contributed by atoms with Gasteiger partial charge < -0.3 is 16.5 Å². The number of thioether (sulfide) groups is 1. The van der Waals surface area contributed by atoms with Gasteiger partial charge in [0.15, 0.2) is 11.1 Å². The summed E-state index contributed by atoms with van der Waals surface area (Å²) in [6.07, 6.45) is 0.268. The molecule has 0 bridgehead atoms. The lowest BCUT2D eigenvalue weighted by Crippen LogP contribution is -2.35. The Kier molecular flexibility index (Phi) is 8.19. The van der Waals surface area contributed by atoms with Crippen LogP contribution in [0.1, 0.15) is 12.1 Å². The summed E-state index contributed by atoms with van der Waals surface area (Å²) in [5, 5.41) is 24.2. The van der Waals surface area contributed by atoms with Crippen molar-refractivity contribution in [3.8, 4) is 0 Å². The summed E-state index contributed by atoms with van der Waals surface area (Å²) in [4.78, 5) is 4.21. The first kappa shape index (κ1) is 19.6. The lowest BCUT2D eigenvalue weighted by molar-refractivity contribution is 0.594. The minimum atomic E-state index is -3.86. The standard InChI is InChI=1S/C8H15N7O2S3.H2O/c9-6(15-20(12,16)17)1-2-18-3-5-4-19-8(13-5)14-7(10)11;/h4H,1-3H2,(H2,9,15)(H2,12,16,17)(H4,10,11,13,14);1H2. The summed E-state index contributed by atoms with van der Waals surface area (Å²) in [5.41, 5.74) is 6.01. The maximum absolute atomic E-state index is 10.7. The van der Waals surface area contributed by atoms with Gasteiger partial charge in [0.2, 0.25) is 0 Å². The predicted molar refractivity (Wildman–Crippen MR) is 86.0 cm³/mol. The van der Waals surface area contributed by atoms with E-state index < -0.39 is 10.2 Å². The highest BCUT2D eigenvalue weighted by Crippen LogP contribution is 2.19. The van der Waals surface area contributed by atoms with Gasteiger partial charge in [0.05, 0.1) is 5.69 Å². The highest BCUT2D eigenvalue weighted by molar-refractivity contribution is 7.98. The molecule has 0 aliphatic heterocycles. The zero-order chi connectivity index (χ0) is 15.2. The second-order valence-electron chi connectivity index (χ2n) is 3.61. The van der Waals surface area contributed by atoms with Crippen LogP contribution in [0.2, 0.25) is 0 Å². The molecule has 0 saturated heterocycles. The van der Waals surface area contributed by atoms with Crippen LogP contribution in [0.3, 0.4) is 0 Å². The Balaban J connectivity index is 0.00000400. The summed E-state index contributed by atoms with van der Waals surface area (Å²) in [6, 6.07) is 0. The van der Waals surface area contributed by atoms with Crippen LogP contribution >= 0.6 is 23.1 Å². The van der Waals surface area contributed by atoms with Crippen molar-refractivity contribution in [3.63, 3.8) is 0 Å². The highest BCUT2D eigenvalue weighted by atomic mass is 32.2. The van der Waals surface area contributed by atoms with E-state index in [9.17, 15) is 8.42 Å². The number of hydrogen-bond acceptors (Lipinski definition) is 7. The minimum absolute atomic E-state index is 0. The van der Waals surface area contributed by atoms with E-state index in [1.807, 2.05) is 10.1 Å². The molecule has 1 heterocycles. The molecule has 0 aliphatic rings. The van der Waals surface area contributed by atoms with E-state index in [0.29, 0.717) is 16.6 Å². The van der Waals surface area contributed by atoms with Crippen molar-refractivity contribution in [1.29, 1.82) is 10.8 Å². The number of nitrogens with one attached hydrogen (secondary N) is 4. The van der Waals surface area contributed by atoms with Crippen LogP contribution in [-0.4, -0.2) is 36.4 Å². The van der Waals surface area contributed by atoms with Crippen LogP contribution in [0.25, 0.3) is 0 Å². The molecule has 0 atom stereocenters. The molecule has 120 valence electrons. The van der Waals surface area contributed by atoms with Gasteiger partial charge in [0, 0.05) is 23.3 Å². The summed E-state index contributed by atoms with van der Waals surface area (Å²) >= 11 is 2.85. The topological polar surface area (TPSA) is 202 Å². The van der Waals surface area contributed by atoms with Gasteiger partial charge in [-0.3, -0.25) is 15.5 Å². The van der Waals surface area contributed by atoms with Crippen molar-refractivity contribution < 1.29 is 13.9 Å². The molecule has 1 aromatic rings. The smallest absolute Gasteiger partial charge is 0.297 e. The SMILES string of the molecule is N=C(N)Nc1nc(CSCCC(=N)NS(N)(=O)=O)cs1.O. The largest absolute Gasteiger partial charge is 0.412 e. The number of thiazole rings is 1. The Morgan fingerprint density at radius 3 is 2.71 bits per heavy atom. The summed E-state index contributed by atoms with van der Waals surface area (Å²) < 4.78 is 23.2. The molecule has 1 rings (SSSR count). The van der Waals surface area contributed by atoms with Gasteiger partial charge in [-0.1, -0.05) is 0 Å². The Morgan fingerprint density at radius 1 is 1.48 bits per heavy atom. The van der Waals surface area contributed by atoms with Crippen LogP contribution in [0.5, 0.6) is 0 Å². The van der Waals surface area contributed by atoms with Crippen molar-refractivity contribution in [3.05, 3.63) is 11.1 Å². The monoisotopic (exact) mass is 355 g/mol. The van der Waals surface area contributed by atoms with Gasteiger partial charge >= 0.3 is 0 Å². The normalized spacial score (nSPS) is 10.5. The molecule has 0 unspecified atom stereocenters. The molecule has 0 aromatic carbocycles. The number of aromatic nitrogens is 1. The second-order valence-corrected chi connectivity index (χ2v) is 6.87. The average molecular weight is 355 g/mol. The Morgan fingerprint density at radius 2 is 2.14 bits per heavy atom. The van der Waals surface area contributed by atoms with Crippen LogP contribution in [0.4, 0.5) is 5.13 Å². The fourth-order valence-corrected chi connectivity index (χ4v) is 3.24. The molecule has 21 heavy (non-hydrogen) atoms. The lowest BCUT2D eigenvalue weighted by atomic mass is 10.5. The van der Waals surface area contributed by atoms with E-state index >= 15 is 0 Å². The Labute approximate surface area is 130 Å². The number of guanidine groups is 1. The fourth-order valence-electron chi connectivity index (χ4n) is 1.12. The van der Waals surface area contributed by atoms with E-state index in [-0.39, 0.29) is 23.7 Å². The van der Waals surface area contributed by atoms with Gasteiger partial charge in [-0.25, -0.2) is 10.1 Å². The van der Waals surface area contributed by atoms with Crippen molar-refractivity contribution >= 4 is 50.2 Å². The van der Waals surface area contributed by atoms with Gasteiger partial charge in [-0.2, -0.15) is 20.2 Å². The van der Waals surface area contributed by atoms with Crippen LogP contribution in [-0.2, 0) is 16.0 Å². The quantitative estimate of drug-likeness (QED) is 0.206. The maximum Gasteiger partial charge on any atom is 0.297 e. The number of rotatable bonds is 7. The first-order valence-electron chi connectivity index (χ1n) is 5.27. The molecule has 0 radical (unpaired) electrons. The second kappa shape index (κ2) is 8.78. The fraction of sp³-hybridized carbons (Fsp3) is 0.375. The molecule has 10 nitrogen and oxygen atoms in total. The number of amidine groups is 1. The number of nitrogens with two attached hydrogens (primary N) is 2. The first-order valence-corrected chi connectivity index (χ1v) is 8.85. The Hall–Kier alpha value is -1.41.